The second-order valence-electron chi connectivity index (χ2n) is 9.88. The topological polar surface area (TPSA) is 93.7 Å². The van der Waals surface area contributed by atoms with E-state index < -0.39 is 24.4 Å². The zero-order valence-corrected chi connectivity index (χ0v) is 23.9. The first-order chi connectivity index (χ1) is 17.0. The number of unbranched alkanes of at least 4 members (excludes halogenated alkanes) is 2. The van der Waals surface area contributed by atoms with E-state index in [4.69, 9.17) is 9.26 Å². The highest BCUT2D eigenvalue weighted by molar-refractivity contribution is 7.87. The van der Waals surface area contributed by atoms with Crippen molar-refractivity contribution in [2.45, 2.75) is 65.3 Å². The summed E-state index contributed by atoms with van der Waals surface area (Å²) < 4.78 is 32.8. The molecule has 0 spiro atoms. The van der Waals surface area contributed by atoms with Gasteiger partial charge in [0.2, 0.25) is 5.91 Å². The van der Waals surface area contributed by atoms with Crippen LogP contribution in [-0.4, -0.2) is 35.9 Å². The molecule has 0 aliphatic rings. The number of hydrogen-bond donors (Lipinski definition) is 2. The Bertz CT molecular complexity index is 1040. The third-order valence-electron chi connectivity index (χ3n) is 5.87. The van der Waals surface area contributed by atoms with Crippen LogP contribution in [0.15, 0.2) is 72.3 Å². The van der Waals surface area contributed by atoms with Gasteiger partial charge in [-0.25, -0.2) is 4.72 Å². The molecule has 0 fully saturated rings. The molecule has 0 aliphatic carbocycles. The van der Waals surface area contributed by atoms with E-state index in [0.717, 1.165) is 18.4 Å². The summed E-state index contributed by atoms with van der Waals surface area (Å²) in [6, 6.07) is 20.7. The quantitative estimate of drug-likeness (QED) is 0.166. The molecule has 0 unspecified atom stereocenters. The van der Waals surface area contributed by atoms with Gasteiger partial charge in [-0.3, -0.25) is 9.63 Å². The van der Waals surface area contributed by atoms with Crippen molar-refractivity contribution in [2.24, 2.45) is 0 Å². The van der Waals surface area contributed by atoms with Crippen LogP contribution in [0.25, 0.3) is 0 Å². The van der Waals surface area contributed by atoms with E-state index in [1.165, 1.54) is 10.4 Å². The molecule has 0 aromatic heterocycles. The van der Waals surface area contributed by atoms with Crippen molar-refractivity contribution in [3.63, 3.8) is 0 Å². The SMILES string of the molecule is CCCCCC(=O)NS(=O)(=O)NOC/C=C(\C)CO[Si](c1ccccc1)(c1ccccc1)C(C)(C)C. The molecule has 2 rings (SSSR count). The van der Waals surface area contributed by atoms with Crippen LogP contribution >= 0.6 is 0 Å². The first kappa shape index (κ1) is 29.9. The predicted octanol–water partition coefficient (Wildman–Crippen LogP) is 3.97. The number of hydrogen-bond acceptors (Lipinski definition) is 5. The first-order valence-electron chi connectivity index (χ1n) is 12.4. The Balaban J connectivity index is 2.06. The molecule has 198 valence electrons. The van der Waals surface area contributed by atoms with Crippen molar-refractivity contribution >= 4 is 34.8 Å². The van der Waals surface area contributed by atoms with Gasteiger partial charge in [0, 0.05) is 6.42 Å². The van der Waals surface area contributed by atoms with E-state index in [0.29, 0.717) is 13.0 Å². The molecule has 0 heterocycles. The standard InChI is InChI=1S/C27H40N2O5SSi/c1-6-7-10-19-26(30)28-35(31,32)29-33-21-20-23(2)22-34-36(27(3,4)5,24-15-11-8-12-16-24)25-17-13-9-14-18-25/h8-9,11-18,20,29H,6-7,10,19,21-22H2,1-5H3,(H,28,30)/b23-20+. The minimum Gasteiger partial charge on any atom is -0.403 e. The average Bonchev–Trinajstić information content (AvgIpc) is 2.82. The maximum absolute atomic E-state index is 12.0. The van der Waals surface area contributed by atoms with Gasteiger partial charge in [0.05, 0.1) is 13.2 Å². The Hall–Kier alpha value is -2.30. The third-order valence-corrected chi connectivity index (χ3v) is 11.7. The van der Waals surface area contributed by atoms with Crippen molar-refractivity contribution in [2.75, 3.05) is 13.2 Å². The minimum absolute atomic E-state index is 0.000869. The van der Waals surface area contributed by atoms with Crippen molar-refractivity contribution in [3.8, 4) is 0 Å². The Morgan fingerprint density at radius 1 is 0.972 bits per heavy atom. The van der Waals surface area contributed by atoms with Gasteiger partial charge in [-0.15, -0.1) is 0 Å². The summed E-state index contributed by atoms with van der Waals surface area (Å²) in [6.45, 7) is 11.0. The van der Waals surface area contributed by atoms with Crippen molar-refractivity contribution in [3.05, 3.63) is 72.3 Å². The molecular formula is C27H40N2O5SSi. The summed E-state index contributed by atoms with van der Waals surface area (Å²) in [5.41, 5.74) is 0.908. The highest BCUT2D eigenvalue weighted by Crippen LogP contribution is 2.36. The van der Waals surface area contributed by atoms with Gasteiger partial charge in [0.25, 0.3) is 8.32 Å². The Labute approximate surface area is 217 Å². The van der Waals surface area contributed by atoms with E-state index in [-0.39, 0.29) is 18.1 Å². The van der Waals surface area contributed by atoms with E-state index in [9.17, 15) is 13.2 Å². The molecule has 7 nitrogen and oxygen atoms in total. The van der Waals surface area contributed by atoms with Crippen LogP contribution in [0.1, 0.15) is 60.3 Å². The summed E-state index contributed by atoms with van der Waals surface area (Å²) in [6.07, 6.45) is 4.40. The fraction of sp³-hybridized carbons (Fsp3) is 0.444. The Kier molecular flexibility index (Phi) is 11.5. The Morgan fingerprint density at radius 2 is 1.53 bits per heavy atom. The van der Waals surface area contributed by atoms with E-state index in [1.807, 2.05) is 59.9 Å². The molecule has 0 atom stereocenters. The van der Waals surface area contributed by atoms with Crippen LogP contribution in [0.3, 0.4) is 0 Å². The lowest BCUT2D eigenvalue weighted by molar-refractivity contribution is -0.119. The highest BCUT2D eigenvalue weighted by Gasteiger charge is 2.50. The van der Waals surface area contributed by atoms with E-state index in [2.05, 4.69) is 45.0 Å². The van der Waals surface area contributed by atoms with Gasteiger partial charge in [0.15, 0.2) is 0 Å². The molecule has 0 radical (unpaired) electrons. The first-order valence-corrected chi connectivity index (χ1v) is 15.8. The largest absolute Gasteiger partial charge is 0.403 e. The number of carbonyl (C=O) groups excluding carboxylic acids is 1. The van der Waals surface area contributed by atoms with Crippen LogP contribution in [0.4, 0.5) is 0 Å². The normalized spacial score (nSPS) is 13.0. The average molecular weight is 533 g/mol. The summed E-state index contributed by atoms with van der Waals surface area (Å²) in [5, 5.41) is 2.24. The second-order valence-corrected chi connectivity index (χ2v) is 15.6. The highest BCUT2D eigenvalue weighted by atomic mass is 32.2. The maximum Gasteiger partial charge on any atom is 0.323 e. The predicted molar refractivity (Wildman–Crippen MR) is 148 cm³/mol. The maximum atomic E-state index is 12.0. The molecular weight excluding hydrogens is 492 g/mol. The number of amides is 1. The van der Waals surface area contributed by atoms with E-state index in [1.54, 1.807) is 6.08 Å². The number of rotatable bonds is 14. The second kappa shape index (κ2) is 13.9. The molecule has 0 saturated carbocycles. The van der Waals surface area contributed by atoms with Gasteiger partial charge in [0.1, 0.15) is 0 Å². The van der Waals surface area contributed by atoms with Crippen molar-refractivity contribution < 1.29 is 22.5 Å². The van der Waals surface area contributed by atoms with Gasteiger partial charge in [-0.1, -0.05) is 118 Å². The number of benzene rings is 2. The third kappa shape index (κ3) is 8.67. The molecule has 2 aromatic carbocycles. The van der Waals surface area contributed by atoms with Gasteiger partial charge < -0.3 is 4.43 Å². The molecule has 2 aromatic rings. The molecule has 2 N–H and O–H groups in total. The van der Waals surface area contributed by atoms with Crippen molar-refractivity contribution in [1.82, 2.24) is 9.61 Å². The van der Waals surface area contributed by atoms with Crippen LogP contribution < -0.4 is 20.0 Å². The molecule has 36 heavy (non-hydrogen) atoms. The number of carbonyl (C=O) groups is 1. The monoisotopic (exact) mass is 532 g/mol. The molecule has 0 aliphatic heterocycles. The minimum atomic E-state index is -4.07. The van der Waals surface area contributed by atoms with Crippen LogP contribution in [0.5, 0.6) is 0 Å². The fourth-order valence-corrected chi connectivity index (χ4v) is 9.36. The van der Waals surface area contributed by atoms with Crippen LogP contribution in [0, 0.1) is 0 Å². The number of nitrogens with one attached hydrogen (secondary N) is 2. The lowest BCUT2D eigenvalue weighted by atomic mass is 10.2. The molecule has 0 saturated heterocycles. The summed E-state index contributed by atoms with van der Waals surface area (Å²) in [4.78, 5) is 18.8. The zero-order valence-electron chi connectivity index (χ0n) is 22.0. The molecule has 1 amide bonds. The van der Waals surface area contributed by atoms with Gasteiger partial charge >= 0.3 is 10.2 Å². The van der Waals surface area contributed by atoms with Crippen LogP contribution in [-0.2, 0) is 24.3 Å². The summed E-state index contributed by atoms with van der Waals surface area (Å²) >= 11 is 0. The van der Waals surface area contributed by atoms with E-state index >= 15 is 0 Å². The molecule has 0 bridgehead atoms. The smallest absolute Gasteiger partial charge is 0.323 e. The zero-order chi connectivity index (χ0) is 26.7. The fourth-order valence-electron chi connectivity index (χ4n) is 4.10. The summed E-state index contributed by atoms with van der Waals surface area (Å²) in [5.74, 6) is -0.551. The van der Waals surface area contributed by atoms with Crippen molar-refractivity contribution in [1.29, 1.82) is 0 Å². The lowest BCUT2D eigenvalue weighted by Crippen LogP contribution is -2.66. The Morgan fingerprint density at radius 3 is 2.03 bits per heavy atom. The van der Waals surface area contributed by atoms with Gasteiger partial charge in [-0.05, 0) is 28.8 Å². The lowest BCUT2D eigenvalue weighted by Gasteiger charge is -2.43. The summed E-state index contributed by atoms with van der Waals surface area (Å²) in [7, 11) is -6.73. The van der Waals surface area contributed by atoms with Gasteiger partial charge in [-0.2, -0.15) is 8.42 Å². The molecule has 9 heteroatoms. The van der Waals surface area contributed by atoms with Crippen LogP contribution in [0.2, 0.25) is 5.04 Å².